The van der Waals surface area contributed by atoms with Gasteiger partial charge in [0, 0.05) is 12.8 Å². The van der Waals surface area contributed by atoms with E-state index in [9.17, 15) is 14.9 Å². The van der Waals surface area contributed by atoms with Gasteiger partial charge in [0.25, 0.3) is 0 Å². The molecular weight excluding hydrogens is 204 g/mol. The number of amides is 2. The normalized spacial score (nSPS) is 25.3. The molecule has 0 unspecified atom stereocenters. The van der Waals surface area contributed by atoms with E-state index in [1.807, 2.05) is 0 Å². The average molecular weight is 220 g/mol. The molecule has 0 aromatic carbocycles. The highest BCUT2D eigenvalue weighted by atomic mass is 16.2. The maximum atomic E-state index is 11.9. The number of nitriles is 1. The van der Waals surface area contributed by atoms with E-state index in [0.717, 1.165) is 25.7 Å². The number of likely N-dealkylation sites (tertiary alicyclic amines) is 1. The zero-order chi connectivity index (χ0) is 11.6. The Hall–Kier alpha value is -1.37. The lowest BCUT2D eigenvalue weighted by molar-refractivity contribution is -0.149. The van der Waals surface area contributed by atoms with Crippen molar-refractivity contribution in [3.8, 4) is 6.07 Å². The fourth-order valence-corrected chi connectivity index (χ4v) is 2.74. The van der Waals surface area contributed by atoms with Gasteiger partial charge in [0.05, 0.1) is 6.07 Å². The fraction of sp³-hybridized carbons (Fsp3) is 0.750. The number of carbonyl (C=O) groups excluding carboxylic acids is 2. The molecule has 2 fully saturated rings. The van der Waals surface area contributed by atoms with E-state index in [2.05, 4.69) is 6.07 Å². The molecule has 0 bridgehead atoms. The Morgan fingerprint density at radius 3 is 1.94 bits per heavy atom. The van der Waals surface area contributed by atoms with E-state index in [-0.39, 0.29) is 11.8 Å². The van der Waals surface area contributed by atoms with E-state index in [1.165, 1.54) is 4.90 Å². The Kier molecular flexibility index (Phi) is 2.95. The van der Waals surface area contributed by atoms with Crippen LogP contribution in [0.4, 0.5) is 0 Å². The molecule has 1 aliphatic carbocycles. The van der Waals surface area contributed by atoms with Gasteiger partial charge in [-0.2, -0.15) is 5.26 Å². The van der Waals surface area contributed by atoms with Gasteiger partial charge in [-0.25, -0.2) is 0 Å². The monoisotopic (exact) mass is 220 g/mol. The van der Waals surface area contributed by atoms with Crippen LogP contribution in [0.25, 0.3) is 0 Å². The van der Waals surface area contributed by atoms with E-state index >= 15 is 0 Å². The van der Waals surface area contributed by atoms with Crippen LogP contribution in [0, 0.1) is 11.3 Å². The zero-order valence-electron chi connectivity index (χ0n) is 9.37. The Balaban J connectivity index is 2.31. The molecule has 0 atom stereocenters. The molecule has 2 rings (SSSR count). The van der Waals surface area contributed by atoms with Crippen molar-refractivity contribution < 1.29 is 9.59 Å². The minimum Gasteiger partial charge on any atom is -0.274 e. The summed E-state index contributed by atoms with van der Waals surface area (Å²) in [5.41, 5.74) is -0.821. The lowest BCUT2D eigenvalue weighted by Crippen LogP contribution is -2.51. The molecule has 16 heavy (non-hydrogen) atoms. The van der Waals surface area contributed by atoms with Crippen molar-refractivity contribution >= 4 is 11.8 Å². The van der Waals surface area contributed by atoms with Crippen molar-refractivity contribution in [2.24, 2.45) is 0 Å². The van der Waals surface area contributed by atoms with Crippen molar-refractivity contribution in [2.75, 3.05) is 0 Å². The highest BCUT2D eigenvalue weighted by Gasteiger charge is 2.46. The minimum atomic E-state index is -0.821. The number of carbonyl (C=O) groups is 2. The summed E-state index contributed by atoms with van der Waals surface area (Å²) < 4.78 is 0. The maximum absolute atomic E-state index is 11.9. The molecule has 0 aromatic heterocycles. The van der Waals surface area contributed by atoms with Gasteiger partial charge in [-0.1, -0.05) is 0 Å². The third-order valence-corrected chi connectivity index (χ3v) is 3.60. The predicted molar refractivity (Wildman–Crippen MR) is 57.1 cm³/mol. The third-order valence-electron chi connectivity index (χ3n) is 3.60. The molecule has 2 amide bonds. The first kappa shape index (κ1) is 11.1. The topological polar surface area (TPSA) is 61.2 Å². The molecule has 4 nitrogen and oxygen atoms in total. The van der Waals surface area contributed by atoms with Gasteiger partial charge in [-0.05, 0) is 38.5 Å². The molecule has 4 heteroatoms. The Morgan fingerprint density at radius 2 is 1.50 bits per heavy atom. The highest BCUT2D eigenvalue weighted by Crippen LogP contribution is 2.36. The van der Waals surface area contributed by atoms with E-state index in [1.54, 1.807) is 0 Å². The second kappa shape index (κ2) is 4.25. The van der Waals surface area contributed by atoms with Crippen molar-refractivity contribution in [3.05, 3.63) is 0 Å². The van der Waals surface area contributed by atoms with Crippen LogP contribution < -0.4 is 0 Å². The lowest BCUT2D eigenvalue weighted by Gasteiger charge is -2.33. The van der Waals surface area contributed by atoms with Crippen LogP contribution in [0.2, 0.25) is 0 Å². The van der Waals surface area contributed by atoms with Crippen molar-refractivity contribution in [3.63, 3.8) is 0 Å². The van der Waals surface area contributed by atoms with Crippen molar-refractivity contribution in [2.45, 2.75) is 56.9 Å². The molecule has 1 heterocycles. The second-order valence-electron chi connectivity index (χ2n) is 4.68. The largest absolute Gasteiger partial charge is 0.274 e. The number of hydrogen-bond acceptors (Lipinski definition) is 3. The van der Waals surface area contributed by atoms with Gasteiger partial charge >= 0.3 is 0 Å². The van der Waals surface area contributed by atoms with Crippen LogP contribution in [0.5, 0.6) is 0 Å². The second-order valence-corrected chi connectivity index (χ2v) is 4.68. The average Bonchev–Trinajstić information content (AvgIpc) is 2.68. The van der Waals surface area contributed by atoms with Crippen LogP contribution in [0.3, 0.4) is 0 Å². The first-order valence-corrected chi connectivity index (χ1v) is 5.97. The van der Waals surface area contributed by atoms with E-state index in [0.29, 0.717) is 25.7 Å². The van der Waals surface area contributed by atoms with Gasteiger partial charge in [0.15, 0.2) is 0 Å². The van der Waals surface area contributed by atoms with Gasteiger partial charge < -0.3 is 0 Å². The molecule has 1 aliphatic heterocycles. The Bertz CT molecular complexity index is 333. The molecule has 0 radical (unpaired) electrons. The van der Waals surface area contributed by atoms with Gasteiger partial charge in [-0.3, -0.25) is 14.5 Å². The van der Waals surface area contributed by atoms with Crippen LogP contribution in [-0.4, -0.2) is 22.3 Å². The molecule has 86 valence electrons. The summed E-state index contributed by atoms with van der Waals surface area (Å²) in [6.45, 7) is 0. The standard InChI is InChI=1S/C12H16N2O2/c13-9-12(7-3-4-8-12)14-10(15)5-1-2-6-11(14)16/h1-8H2. The maximum Gasteiger partial charge on any atom is 0.230 e. The third kappa shape index (κ3) is 1.71. The number of nitrogens with zero attached hydrogens (tertiary/aromatic N) is 2. The van der Waals surface area contributed by atoms with E-state index in [4.69, 9.17) is 0 Å². The number of hydrogen-bond donors (Lipinski definition) is 0. The quantitative estimate of drug-likeness (QED) is 0.632. The van der Waals surface area contributed by atoms with Gasteiger partial charge in [-0.15, -0.1) is 0 Å². The lowest BCUT2D eigenvalue weighted by atomic mass is 9.96. The molecular formula is C12H16N2O2. The first-order valence-electron chi connectivity index (χ1n) is 5.97. The first-order chi connectivity index (χ1) is 7.69. The molecule has 1 saturated heterocycles. The van der Waals surface area contributed by atoms with Crippen LogP contribution in [0.1, 0.15) is 51.4 Å². The van der Waals surface area contributed by atoms with Crippen LogP contribution >= 0.6 is 0 Å². The molecule has 1 saturated carbocycles. The summed E-state index contributed by atoms with van der Waals surface area (Å²) in [5.74, 6) is -0.295. The van der Waals surface area contributed by atoms with Crippen LogP contribution in [-0.2, 0) is 9.59 Å². The summed E-state index contributed by atoms with van der Waals surface area (Å²) in [6, 6.07) is 2.22. The fourth-order valence-electron chi connectivity index (χ4n) is 2.74. The number of rotatable bonds is 1. The summed E-state index contributed by atoms with van der Waals surface area (Å²) in [5, 5.41) is 9.30. The SMILES string of the molecule is N#CC1(N2C(=O)CCCCC2=O)CCCC1. The predicted octanol–water partition coefficient (Wildman–Crippen LogP) is 1.75. The molecule has 0 aromatic rings. The molecule has 0 spiro atoms. The summed E-state index contributed by atoms with van der Waals surface area (Å²) in [7, 11) is 0. The number of imide groups is 1. The summed E-state index contributed by atoms with van der Waals surface area (Å²) in [6.07, 6.45) is 5.53. The Labute approximate surface area is 95.2 Å². The van der Waals surface area contributed by atoms with Crippen LogP contribution in [0.15, 0.2) is 0 Å². The summed E-state index contributed by atoms with van der Waals surface area (Å²) >= 11 is 0. The smallest absolute Gasteiger partial charge is 0.230 e. The van der Waals surface area contributed by atoms with E-state index < -0.39 is 5.54 Å². The molecule has 0 N–H and O–H groups in total. The van der Waals surface area contributed by atoms with Gasteiger partial charge in [0.1, 0.15) is 5.54 Å². The minimum absolute atomic E-state index is 0.147. The summed E-state index contributed by atoms with van der Waals surface area (Å²) in [4.78, 5) is 25.1. The van der Waals surface area contributed by atoms with Gasteiger partial charge in [0.2, 0.25) is 11.8 Å². The van der Waals surface area contributed by atoms with Crippen molar-refractivity contribution in [1.82, 2.24) is 4.90 Å². The highest BCUT2D eigenvalue weighted by molar-refractivity contribution is 5.97. The van der Waals surface area contributed by atoms with Crippen molar-refractivity contribution in [1.29, 1.82) is 5.26 Å². The Morgan fingerprint density at radius 1 is 1.00 bits per heavy atom. The molecule has 2 aliphatic rings. The zero-order valence-corrected chi connectivity index (χ0v) is 9.37.